The average molecular weight is 452 g/mol. The van der Waals surface area contributed by atoms with E-state index in [9.17, 15) is 9.59 Å². The third kappa shape index (κ3) is 4.56. The highest BCUT2D eigenvalue weighted by Gasteiger charge is 2.36. The van der Waals surface area contributed by atoms with Crippen LogP contribution in [0, 0.1) is 0 Å². The molecule has 0 aliphatic carbocycles. The molecule has 1 aliphatic rings. The number of furan rings is 1. The van der Waals surface area contributed by atoms with Crippen molar-refractivity contribution in [1.29, 1.82) is 0 Å². The van der Waals surface area contributed by atoms with Gasteiger partial charge in [0.2, 0.25) is 5.91 Å². The van der Waals surface area contributed by atoms with Crippen molar-refractivity contribution in [3.63, 3.8) is 0 Å². The van der Waals surface area contributed by atoms with Gasteiger partial charge in [-0.15, -0.1) is 0 Å². The Morgan fingerprint density at radius 1 is 1.09 bits per heavy atom. The second-order valence-corrected chi connectivity index (χ2v) is 8.55. The molecule has 7 heteroatoms. The van der Waals surface area contributed by atoms with Crippen molar-refractivity contribution >= 4 is 23.4 Å². The molecule has 1 aromatic heterocycles. The molecule has 0 spiro atoms. The van der Waals surface area contributed by atoms with Crippen LogP contribution in [0.1, 0.15) is 33.3 Å². The van der Waals surface area contributed by atoms with Crippen molar-refractivity contribution < 1.29 is 14.0 Å². The van der Waals surface area contributed by atoms with Crippen molar-refractivity contribution in [3.05, 3.63) is 94.4 Å². The zero-order chi connectivity index (χ0) is 22.7. The summed E-state index contributed by atoms with van der Waals surface area (Å²) in [6.45, 7) is 0.721. The van der Waals surface area contributed by atoms with Crippen molar-refractivity contribution in [2.24, 2.45) is 0 Å². The smallest absolute Gasteiger partial charge is 0.256 e. The molecule has 0 saturated carbocycles. The molecular formula is C25H26ClN3O3. The molecule has 4 rings (SSSR count). The number of halogens is 1. The van der Waals surface area contributed by atoms with Crippen molar-refractivity contribution in [3.8, 4) is 0 Å². The first-order valence-electron chi connectivity index (χ1n) is 10.6. The number of carbonyl (C=O) groups is 2. The number of hydrogen-bond donors (Lipinski definition) is 1. The van der Waals surface area contributed by atoms with E-state index in [0.717, 1.165) is 16.9 Å². The van der Waals surface area contributed by atoms with Crippen LogP contribution >= 0.6 is 11.6 Å². The summed E-state index contributed by atoms with van der Waals surface area (Å²) in [4.78, 5) is 30.4. The zero-order valence-corrected chi connectivity index (χ0v) is 18.9. The topological polar surface area (TPSA) is 65.8 Å². The first kappa shape index (κ1) is 22.1. The Hall–Kier alpha value is -3.09. The second kappa shape index (κ2) is 9.59. The van der Waals surface area contributed by atoms with Crippen LogP contribution in [0.4, 0.5) is 0 Å². The van der Waals surface area contributed by atoms with Crippen LogP contribution in [0.25, 0.3) is 0 Å². The standard InChI is InChI=1S/C25H26ClN3O3/c1-28(2)22(23-12-7-13-32-23)15-27-24(30)21-14-17-8-3-4-9-18(17)16-29(21)25(31)19-10-5-6-11-20(19)26/h3-13,21-22H,14-16H2,1-2H3,(H,27,30). The molecule has 2 atom stereocenters. The molecule has 0 bridgehead atoms. The van der Waals surface area contributed by atoms with E-state index in [2.05, 4.69) is 5.32 Å². The molecule has 0 radical (unpaired) electrons. The van der Waals surface area contributed by atoms with E-state index < -0.39 is 6.04 Å². The number of hydrogen-bond acceptors (Lipinski definition) is 4. The van der Waals surface area contributed by atoms with Gasteiger partial charge in [0, 0.05) is 19.5 Å². The number of fused-ring (bicyclic) bond motifs is 1. The van der Waals surface area contributed by atoms with Gasteiger partial charge in [-0.2, -0.15) is 0 Å². The lowest BCUT2D eigenvalue weighted by atomic mass is 9.92. The van der Waals surface area contributed by atoms with Crippen LogP contribution in [0.15, 0.2) is 71.3 Å². The highest BCUT2D eigenvalue weighted by Crippen LogP contribution is 2.27. The van der Waals surface area contributed by atoms with E-state index in [1.165, 1.54) is 0 Å². The Labute approximate surface area is 192 Å². The molecule has 32 heavy (non-hydrogen) atoms. The monoisotopic (exact) mass is 451 g/mol. The SMILES string of the molecule is CN(C)C(CNC(=O)C1Cc2ccccc2CN1C(=O)c1ccccc1Cl)c1ccco1. The maximum absolute atomic E-state index is 13.4. The highest BCUT2D eigenvalue weighted by molar-refractivity contribution is 6.33. The molecule has 2 aromatic carbocycles. The van der Waals surface area contributed by atoms with Crippen LogP contribution < -0.4 is 5.32 Å². The van der Waals surface area contributed by atoms with Crippen molar-refractivity contribution in [2.45, 2.75) is 25.0 Å². The van der Waals surface area contributed by atoms with Crippen LogP contribution in [-0.2, 0) is 17.8 Å². The van der Waals surface area contributed by atoms with Crippen molar-refractivity contribution in [2.75, 3.05) is 20.6 Å². The molecule has 0 fully saturated rings. The van der Waals surface area contributed by atoms with Crippen LogP contribution in [0.3, 0.4) is 0 Å². The van der Waals surface area contributed by atoms with E-state index in [0.29, 0.717) is 30.1 Å². The Balaban J connectivity index is 1.58. The van der Waals surface area contributed by atoms with Gasteiger partial charge in [-0.3, -0.25) is 14.5 Å². The third-order valence-electron chi connectivity index (χ3n) is 5.88. The minimum atomic E-state index is -0.631. The summed E-state index contributed by atoms with van der Waals surface area (Å²) < 4.78 is 5.54. The molecule has 3 aromatic rings. The summed E-state index contributed by atoms with van der Waals surface area (Å²) >= 11 is 6.30. The first-order chi connectivity index (χ1) is 15.5. The van der Waals surface area contributed by atoms with Gasteiger partial charge in [-0.1, -0.05) is 48.0 Å². The number of likely N-dealkylation sites (N-methyl/N-ethyl adjacent to an activating group) is 1. The third-order valence-corrected chi connectivity index (χ3v) is 6.21. The molecule has 0 saturated heterocycles. The van der Waals surface area contributed by atoms with Crippen LogP contribution in [-0.4, -0.2) is 48.3 Å². The minimum absolute atomic E-state index is 0.113. The predicted molar refractivity (Wildman–Crippen MR) is 123 cm³/mol. The molecule has 6 nitrogen and oxygen atoms in total. The normalized spacial score (nSPS) is 16.5. The summed E-state index contributed by atoms with van der Waals surface area (Å²) in [6.07, 6.45) is 2.07. The number of amides is 2. The fourth-order valence-corrected chi connectivity index (χ4v) is 4.31. The summed E-state index contributed by atoms with van der Waals surface area (Å²) in [5.41, 5.74) is 2.51. The fraction of sp³-hybridized carbons (Fsp3) is 0.280. The van der Waals surface area contributed by atoms with E-state index in [1.54, 1.807) is 35.4 Å². The van der Waals surface area contributed by atoms with Gasteiger partial charge >= 0.3 is 0 Å². The Morgan fingerprint density at radius 3 is 2.50 bits per heavy atom. The fourth-order valence-electron chi connectivity index (χ4n) is 4.09. The van der Waals surface area contributed by atoms with E-state index in [1.807, 2.05) is 55.4 Å². The molecule has 1 N–H and O–H groups in total. The van der Waals surface area contributed by atoms with Crippen LogP contribution in [0.5, 0.6) is 0 Å². The Morgan fingerprint density at radius 2 is 1.81 bits per heavy atom. The number of nitrogens with zero attached hydrogens (tertiary/aromatic N) is 2. The van der Waals surface area contributed by atoms with Gasteiger partial charge in [0.1, 0.15) is 11.8 Å². The highest BCUT2D eigenvalue weighted by atomic mass is 35.5. The largest absolute Gasteiger partial charge is 0.468 e. The Kier molecular flexibility index (Phi) is 6.63. The summed E-state index contributed by atoms with van der Waals surface area (Å²) in [5.74, 6) is 0.326. The lowest BCUT2D eigenvalue weighted by molar-refractivity contribution is -0.126. The van der Waals surface area contributed by atoms with Gasteiger partial charge in [-0.05, 0) is 49.5 Å². The van der Waals surface area contributed by atoms with E-state index >= 15 is 0 Å². The molecule has 1 aliphatic heterocycles. The molecule has 2 heterocycles. The molecular weight excluding hydrogens is 426 g/mol. The van der Waals surface area contributed by atoms with E-state index in [-0.39, 0.29) is 17.9 Å². The van der Waals surface area contributed by atoms with Gasteiger partial charge in [-0.25, -0.2) is 0 Å². The average Bonchev–Trinajstić information content (AvgIpc) is 3.32. The lowest BCUT2D eigenvalue weighted by Gasteiger charge is -2.36. The molecule has 2 unspecified atom stereocenters. The second-order valence-electron chi connectivity index (χ2n) is 8.14. The maximum Gasteiger partial charge on any atom is 0.256 e. The minimum Gasteiger partial charge on any atom is -0.468 e. The number of rotatable bonds is 6. The molecule has 2 amide bonds. The summed E-state index contributed by atoms with van der Waals surface area (Å²) in [7, 11) is 3.87. The quantitative estimate of drug-likeness (QED) is 0.617. The summed E-state index contributed by atoms with van der Waals surface area (Å²) in [6, 6.07) is 17.8. The lowest BCUT2D eigenvalue weighted by Crippen LogP contribution is -2.53. The van der Waals surface area contributed by atoms with Crippen molar-refractivity contribution in [1.82, 2.24) is 15.1 Å². The Bertz CT molecular complexity index is 1100. The van der Waals surface area contributed by atoms with Gasteiger partial charge < -0.3 is 14.6 Å². The predicted octanol–water partition coefficient (Wildman–Crippen LogP) is 3.92. The summed E-state index contributed by atoms with van der Waals surface area (Å²) in [5, 5.41) is 3.41. The van der Waals surface area contributed by atoms with Crippen LogP contribution in [0.2, 0.25) is 5.02 Å². The zero-order valence-electron chi connectivity index (χ0n) is 18.1. The molecule has 166 valence electrons. The number of nitrogens with one attached hydrogen (secondary N) is 1. The van der Waals surface area contributed by atoms with E-state index in [4.69, 9.17) is 16.0 Å². The number of benzene rings is 2. The maximum atomic E-state index is 13.4. The first-order valence-corrected chi connectivity index (χ1v) is 10.9. The van der Waals surface area contributed by atoms with Gasteiger partial charge in [0.25, 0.3) is 5.91 Å². The van der Waals surface area contributed by atoms with Gasteiger partial charge in [0.05, 0.1) is 22.9 Å². The van der Waals surface area contributed by atoms with Gasteiger partial charge in [0.15, 0.2) is 0 Å². The number of carbonyl (C=O) groups excluding carboxylic acids is 2.